The fraction of sp³-hybridized carbons (Fsp3) is 0.118. The number of hydrogen-bond acceptors (Lipinski definition) is 3. The Bertz CT molecular complexity index is 748. The maximum atomic E-state index is 12.1. The van der Waals surface area contributed by atoms with E-state index in [1.54, 1.807) is 49.4 Å². The number of benzene rings is 2. The minimum absolute atomic E-state index is 0.227. The van der Waals surface area contributed by atoms with E-state index >= 15 is 0 Å². The quantitative estimate of drug-likeness (QED) is 0.700. The highest BCUT2D eigenvalue weighted by atomic mass is 79.9. The lowest BCUT2D eigenvalue weighted by Gasteiger charge is -2.09. The maximum Gasteiger partial charge on any atom is 0.326 e. The number of urea groups is 1. The lowest BCUT2D eigenvalue weighted by Crippen LogP contribution is -2.34. The standard InChI is InChI=1S/C17H16BrN3O3/c1-11(18)15(22)19-14-9-5-6-12(10-14)16(23)21-17(24)20-13-7-3-2-4-8-13/h2-11H,1H3,(H,19,22)(H2,20,21,23,24). The zero-order chi connectivity index (χ0) is 17.5. The molecule has 0 saturated carbocycles. The van der Waals surface area contributed by atoms with E-state index in [1.807, 2.05) is 6.07 Å². The van der Waals surface area contributed by atoms with Crippen LogP contribution in [0.2, 0.25) is 0 Å². The van der Waals surface area contributed by atoms with Gasteiger partial charge in [-0.15, -0.1) is 0 Å². The van der Waals surface area contributed by atoms with Crippen LogP contribution in [0.5, 0.6) is 0 Å². The summed E-state index contributed by atoms with van der Waals surface area (Å²) in [5.74, 6) is -0.791. The minimum Gasteiger partial charge on any atom is -0.325 e. The summed E-state index contributed by atoms with van der Waals surface area (Å²) in [6, 6.07) is 14.5. The molecule has 3 N–H and O–H groups in total. The largest absolute Gasteiger partial charge is 0.326 e. The van der Waals surface area contributed by atoms with Gasteiger partial charge in [0.15, 0.2) is 0 Å². The molecule has 1 atom stereocenters. The predicted molar refractivity (Wildman–Crippen MR) is 96.4 cm³/mol. The molecule has 4 amide bonds. The average Bonchev–Trinajstić information content (AvgIpc) is 2.55. The van der Waals surface area contributed by atoms with E-state index in [9.17, 15) is 14.4 Å². The summed E-state index contributed by atoms with van der Waals surface area (Å²) >= 11 is 3.16. The monoisotopic (exact) mass is 389 g/mol. The smallest absolute Gasteiger partial charge is 0.325 e. The van der Waals surface area contributed by atoms with Gasteiger partial charge in [-0.3, -0.25) is 14.9 Å². The third-order valence-electron chi connectivity index (χ3n) is 3.01. The van der Waals surface area contributed by atoms with Gasteiger partial charge in [-0.1, -0.05) is 40.2 Å². The number of hydrogen-bond donors (Lipinski definition) is 3. The van der Waals surface area contributed by atoms with Gasteiger partial charge in [0.2, 0.25) is 5.91 Å². The van der Waals surface area contributed by atoms with Crippen molar-refractivity contribution in [1.82, 2.24) is 5.32 Å². The van der Waals surface area contributed by atoms with E-state index < -0.39 is 11.9 Å². The zero-order valence-electron chi connectivity index (χ0n) is 12.9. The van der Waals surface area contributed by atoms with Crippen LogP contribution in [-0.2, 0) is 4.79 Å². The summed E-state index contributed by atoms with van der Waals surface area (Å²) < 4.78 is 0. The molecule has 2 rings (SSSR count). The number of carbonyl (C=O) groups is 3. The molecule has 1 unspecified atom stereocenters. The number of anilines is 2. The van der Waals surface area contributed by atoms with Crippen LogP contribution < -0.4 is 16.0 Å². The Morgan fingerprint density at radius 2 is 1.58 bits per heavy atom. The van der Waals surface area contributed by atoms with E-state index in [0.717, 1.165) is 0 Å². The molecule has 0 saturated heterocycles. The van der Waals surface area contributed by atoms with Crippen molar-refractivity contribution in [3.8, 4) is 0 Å². The summed E-state index contributed by atoms with van der Waals surface area (Å²) in [5, 5.41) is 7.46. The van der Waals surface area contributed by atoms with Crippen molar-refractivity contribution >= 4 is 45.2 Å². The number of rotatable bonds is 4. The third-order valence-corrected chi connectivity index (χ3v) is 3.43. The van der Waals surface area contributed by atoms with E-state index in [1.165, 1.54) is 6.07 Å². The van der Waals surface area contributed by atoms with Gasteiger partial charge in [0.25, 0.3) is 5.91 Å². The van der Waals surface area contributed by atoms with E-state index in [4.69, 9.17) is 0 Å². The first kappa shape index (κ1) is 17.7. The van der Waals surface area contributed by atoms with E-state index in [2.05, 4.69) is 31.9 Å². The summed E-state index contributed by atoms with van der Waals surface area (Å²) in [5.41, 5.74) is 1.32. The molecule has 0 radical (unpaired) electrons. The van der Waals surface area contributed by atoms with Crippen molar-refractivity contribution in [2.24, 2.45) is 0 Å². The highest BCUT2D eigenvalue weighted by molar-refractivity contribution is 9.10. The van der Waals surface area contributed by atoms with E-state index in [0.29, 0.717) is 11.4 Å². The molecular weight excluding hydrogens is 374 g/mol. The average molecular weight is 390 g/mol. The second kappa shape index (κ2) is 8.26. The van der Waals surface area contributed by atoms with Crippen molar-refractivity contribution in [2.75, 3.05) is 10.6 Å². The molecule has 0 aliphatic carbocycles. The van der Waals surface area contributed by atoms with Crippen LogP contribution in [0.4, 0.5) is 16.2 Å². The minimum atomic E-state index is -0.630. The lowest BCUT2D eigenvalue weighted by atomic mass is 10.2. The first-order valence-corrected chi connectivity index (χ1v) is 8.09. The van der Waals surface area contributed by atoms with Gasteiger partial charge >= 0.3 is 6.03 Å². The Hall–Kier alpha value is -2.67. The summed E-state index contributed by atoms with van der Waals surface area (Å²) in [6.07, 6.45) is 0. The summed E-state index contributed by atoms with van der Waals surface area (Å²) in [6.45, 7) is 1.69. The molecule has 0 fully saturated rings. The Balaban J connectivity index is 1.99. The first-order valence-electron chi connectivity index (χ1n) is 7.18. The van der Waals surface area contributed by atoms with Crippen molar-refractivity contribution in [2.45, 2.75) is 11.8 Å². The van der Waals surface area contributed by atoms with E-state index in [-0.39, 0.29) is 16.3 Å². The van der Waals surface area contributed by atoms with Crippen molar-refractivity contribution in [3.05, 3.63) is 60.2 Å². The highest BCUT2D eigenvalue weighted by Crippen LogP contribution is 2.12. The molecule has 7 heteroatoms. The topological polar surface area (TPSA) is 87.3 Å². The first-order chi connectivity index (χ1) is 11.5. The highest BCUT2D eigenvalue weighted by Gasteiger charge is 2.13. The van der Waals surface area contributed by atoms with Crippen LogP contribution >= 0.6 is 15.9 Å². The van der Waals surface area contributed by atoms with Gasteiger partial charge in [-0.2, -0.15) is 0 Å². The zero-order valence-corrected chi connectivity index (χ0v) is 14.5. The van der Waals surface area contributed by atoms with Crippen LogP contribution in [0, 0.1) is 0 Å². The molecule has 2 aromatic rings. The Kier molecular flexibility index (Phi) is 6.08. The molecule has 0 aliphatic heterocycles. The van der Waals surface area contributed by atoms with Gasteiger partial charge in [-0.25, -0.2) is 4.79 Å². The number of halogens is 1. The molecule has 0 spiro atoms. The Labute approximate surface area is 147 Å². The number of alkyl halides is 1. The maximum absolute atomic E-state index is 12.1. The normalized spacial score (nSPS) is 11.2. The van der Waals surface area contributed by atoms with Crippen LogP contribution in [0.25, 0.3) is 0 Å². The number of carbonyl (C=O) groups excluding carboxylic acids is 3. The molecule has 2 aromatic carbocycles. The second-order valence-electron chi connectivity index (χ2n) is 4.96. The summed E-state index contributed by atoms with van der Waals surface area (Å²) in [7, 11) is 0. The Morgan fingerprint density at radius 1 is 0.917 bits per heavy atom. The van der Waals surface area contributed by atoms with Crippen molar-refractivity contribution in [3.63, 3.8) is 0 Å². The van der Waals surface area contributed by atoms with Gasteiger partial charge in [0.1, 0.15) is 0 Å². The van der Waals surface area contributed by atoms with Gasteiger partial charge in [0.05, 0.1) is 4.83 Å². The molecule has 0 aromatic heterocycles. The molecule has 0 aliphatic rings. The molecule has 24 heavy (non-hydrogen) atoms. The Morgan fingerprint density at radius 3 is 2.25 bits per heavy atom. The van der Waals surface area contributed by atoms with Crippen molar-refractivity contribution in [1.29, 1.82) is 0 Å². The lowest BCUT2D eigenvalue weighted by molar-refractivity contribution is -0.115. The third kappa shape index (κ3) is 5.20. The fourth-order valence-electron chi connectivity index (χ4n) is 1.84. The molecule has 124 valence electrons. The van der Waals surface area contributed by atoms with Crippen LogP contribution in [-0.4, -0.2) is 22.7 Å². The molecule has 0 heterocycles. The number of para-hydroxylation sites is 1. The van der Waals surface area contributed by atoms with Gasteiger partial charge in [-0.05, 0) is 37.3 Å². The van der Waals surface area contributed by atoms with Crippen LogP contribution in [0.15, 0.2) is 54.6 Å². The van der Waals surface area contributed by atoms with Crippen molar-refractivity contribution < 1.29 is 14.4 Å². The predicted octanol–water partition coefficient (Wildman–Crippen LogP) is 3.37. The molecular formula is C17H16BrN3O3. The van der Waals surface area contributed by atoms with Crippen LogP contribution in [0.1, 0.15) is 17.3 Å². The van der Waals surface area contributed by atoms with Crippen LogP contribution in [0.3, 0.4) is 0 Å². The fourth-order valence-corrected chi connectivity index (χ4v) is 1.95. The molecule has 6 nitrogen and oxygen atoms in total. The molecule has 0 bridgehead atoms. The van der Waals surface area contributed by atoms with Gasteiger partial charge in [0, 0.05) is 16.9 Å². The van der Waals surface area contributed by atoms with Gasteiger partial charge < -0.3 is 10.6 Å². The second-order valence-corrected chi connectivity index (χ2v) is 6.33. The number of imide groups is 1. The summed E-state index contributed by atoms with van der Waals surface area (Å²) in [4.78, 5) is 35.2. The SMILES string of the molecule is CC(Br)C(=O)Nc1cccc(C(=O)NC(=O)Nc2ccccc2)c1. The number of amides is 4. The number of nitrogens with one attached hydrogen (secondary N) is 3.